The van der Waals surface area contributed by atoms with E-state index in [2.05, 4.69) is 34.2 Å². The molecule has 0 aliphatic rings. The van der Waals surface area contributed by atoms with Gasteiger partial charge in [-0.2, -0.15) is 0 Å². The molecule has 0 bridgehead atoms. The van der Waals surface area contributed by atoms with E-state index in [1.54, 1.807) is 0 Å². The smallest absolute Gasteiger partial charge is 0.106 e. The SMILES string of the molecule is Cc1ccc(Nc2cccc(C)c2Br)c(C(N)=S)c1. The molecule has 0 saturated heterocycles. The normalized spacial score (nSPS) is 10.3. The molecule has 19 heavy (non-hydrogen) atoms. The molecule has 0 saturated carbocycles. The third-order valence-corrected chi connectivity index (χ3v) is 4.17. The van der Waals surface area contributed by atoms with Crippen LogP contribution in [-0.4, -0.2) is 4.99 Å². The van der Waals surface area contributed by atoms with E-state index < -0.39 is 0 Å². The van der Waals surface area contributed by atoms with Crippen molar-refractivity contribution in [3.05, 3.63) is 57.6 Å². The minimum absolute atomic E-state index is 0.398. The third kappa shape index (κ3) is 3.14. The fourth-order valence-electron chi connectivity index (χ4n) is 1.86. The highest BCUT2D eigenvalue weighted by Crippen LogP contribution is 2.30. The molecule has 0 heterocycles. The highest BCUT2D eigenvalue weighted by molar-refractivity contribution is 9.10. The van der Waals surface area contributed by atoms with Crippen LogP contribution >= 0.6 is 28.1 Å². The van der Waals surface area contributed by atoms with Gasteiger partial charge in [-0.1, -0.05) is 36.0 Å². The Labute approximate surface area is 127 Å². The van der Waals surface area contributed by atoms with Crippen molar-refractivity contribution < 1.29 is 0 Å². The zero-order valence-corrected chi connectivity index (χ0v) is 13.2. The van der Waals surface area contributed by atoms with Crippen LogP contribution in [0.15, 0.2) is 40.9 Å². The number of thiocarbonyl (C=S) groups is 1. The Morgan fingerprint density at radius 3 is 2.58 bits per heavy atom. The molecule has 0 atom stereocenters. The molecule has 0 aromatic heterocycles. The highest BCUT2D eigenvalue weighted by atomic mass is 79.9. The number of anilines is 2. The van der Waals surface area contributed by atoms with Gasteiger partial charge in [0.15, 0.2) is 0 Å². The zero-order chi connectivity index (χ0) is 14.0. The van der Waals surface area contributed by atoms with E-state index in [0.717, 1.165) is 27.0 Å². The van der Waals surface area contributed by atoms with Gasteiger partial charge in [-0.3, -0.25) is 0 Å². The molecule has 3 N–H and O–H groups in total. The fourth-order valence-corrected chi connectivity index (χ4v) is 2.39. The standard InChI is InChI=1S/C15H15BrN2S/c1-9-6-7-12(11(8-9)15(17)19)18-13-5-3-4-10(2)14(13)16/h3-8,18H,1-2H3,(H2,17,19). The third-order valence-electron chi connectivity index (χ3n) is 2.90. The lowest BCUT2D eigenvalue weighted by molar-refractivity contribution is 1.39. The summed E-state index contributed by atoms with van der Waals surface area (Å²) in [5, 5.41) is 3.38. The molecule has 0 radical (unpaired) electrons. The Kier molecular flexibility index (Phi) is 4.22. The summed E-state index contributed by atoms with van der Waals surface area (Å²) in [4.78, 5) is 0.398. The van der Waals surface area contributed by atoms with Crippen LogP contribution < -0.4 is 11.1 Å². The van der Waals surface area contributed by atoms with Crippen molar-refractivity contribution in [1.82, 2.24) is 0 Å². The zero-order valence-electron chi connectivity index (χ0n) is 10.8. The average molecular weight is 335 g/mol. The summed E-state index contributed by atoms with van der Waals surface area (Å²) in [6.07, 6.45) is 0. The number of aryl methyl sites for hydroxylation is 2. The van der Waals surface area contributed by atoms with Crippen LogP contribution in [0.3, 0.4) is 0 Å². The van der Waals surface area contributed by atoms with Gasteiger partial charge in [0, 0.05) is 15.7 Å². The lowest BCUT2D eigenvalue weighted by Crippen LogP contribution is -2.12. The van der Waals surface area contributed by atoms with E-state index in [1.165, 1.54) is 5.56 Å². The van der Waals surface area contributed by atoms with Crippen molar-refractivity contribution in [3.8, 4) is 0 Å². The minimum Gasteiger partial charge on any atom is -0.389 e. The Balaban J connectivity index is 2.44. The van der Waals surface area contributed by atoms with Gasteiger partial charge in [0.25, 0.3) is 0 Å². The molecule has 0 spiro atoms. The van der Waals surface area contributed by atoms with Crippen LogP contribution in [-0.2, 0) is 0 Å². The molecule has 0 aliphatic heterocycles. The van der Waals surface area contributed by atoms with E-state index in [1.807, 2.05) is 37.3 Å². The summed E-state index contributed by atoms with van der Waals surface area (Å²) >= 11 is 8.70. The monoisotopic (exact) mass is 334 g/mol. The lowest BCUT2D eigenvalue weighted by atomic mass is 10.1. The molecule has 98 valence electrons. The first kappa shape index (κ1) is 14.0. The van der Waals surface area contributed by atoms with Crippen molar-refractivity contribution in [1.29, 1.82) is 0 Å². The van der Waals surface area contributed by atoms with Crippen LogP contribution in [0.5, 0.6) is 0 Å². The number of halogens is 1. The number of nitrogens with one attached hydrogen (secondary N) is 1. The van der Waals surface area contributed by atoms with E-state index in [4.69, 9.17) is 18.0 Å². The Hall–Kier alpha value is -1.39. The van der Waals surface area contributed by atoms with Crippen molar-refractivity contribution in [2.75, 3.05) is 5.32 Å². The van der Waals surface area contributed by atoms with E-state index >= 15 is 0 Å². The van der Waals surface area contributed by atoms with Crippen LogP contribution in [0.2, 0.25) is 0 Å². The Bertz CT molecular complexity index is 638. The van der Waals surface area contributed by atoms with Gasteiger partial charge in [-0.05, 0) is 53.5 Å². The number of nitrogens with two attached hydrogens (primary N) is 1. The van der Waals surface area contributed by atoms with E-state index in [9.17, 15) is 0 Å². The Morgan fingerprint density at radius 1 is 1.16 bits per heavy atom. The number of hydrogen-bond donors (Lipinski definition) is 2. The molecule has 2 aromatic rings. The fraction of sp³-hybridized carbons (Fsp3) is 0.133. The molecule has 4 heteroatoms. The summed E-state index contributed by atoms with van der Waals surface area (Å²) < 4.78 is 1.05. The number of rotatable bonds is 3. The molecular weight excluding hydrogens is 320 g/mol. The van der Waals surface area contributed by atoms with E-state index in [-0.39, 0.29) is 0 Å². The Morgan fingerprint density at radius 2 is 1.89 bits per heavy atom. The van der Waals surface area contributed by atoms with Gasteiger partial charge in [0.05, 0.1) is 5.69 Å². The molecular formula is C15H15BrN2S. The average Bonchev–Trinajstić information content (AvgIpc) is 2.36. The van der Waals surface area contributed by atoms with Gasteiger partial charge in [-0.15, -0.1) is 0 Å². The maximum Gasteiger partial charge on any atom is 0.106 e. The van der Waals surface area contributed by atoms with Crippen molar-refractivity contribution >= 4 is 44.5 Å². The molecule has 2 nitrogen and oxygen atoms in total. The second-order valence-electron chi connectivity index (χ2n) is 4.47. The first-order valence-electron chi connectivity index (χ1n) is 5.91. The second kappa shape index (κ2) is 5.72. The first-order valence-corrected chi connectivity index (χ1v) is 7.12. The first-order chi connectivity index (χ1) is 8.99. The van der Waals surface area contributed by atoms with Crippen molar-refractivity contribution in [2.45, 2.75) is 13.8 Å². The topological polar surface area (TPSA) is 38.0 Å². The maximum atomic E-state index is 5.78. The molecule has 0 fully saturated rings. The summed E-state index contributed by atoms with van der Waals surface area (Å²) in [7, 11) is 0. The van der Waals surface area contributed by atoms with Gasteiger partial charge in [0.2, 0.25) is 0 Å². The summed E-state index contributed by atoms with van der Waals surface area (Å²) in [6.45, 7) is 4.08. The van der Waals surface area contributed by atoms with Crippen LogP contribution in [0, 0.1) is 13.8 Å². The molecule has 0 amide bonds. The summed E-state index contributed by atoms with van der Waals surface area (Å²) in [5.41, 5.74) is 10.9. The van der Waals surface area contributed by atoms with Crippen molar-refractivity contribution in [3.63, 3.8) is 0 Å². The second-order valence-corrected chi connectivity index (χ2v) is 5.71. The van der Waals surface area contributed by atoms with Gasteiger partial charge >= 0.3 is 0 Å². The molecule has 2 aromatic carbocycles. The summed E-state index contributed by atoms with van der Waals surface area (Å²) in [6, 6.07) is 12.1. The molecule has 0 aliphatic carbocycles. The maximum absolute atomic E-state index is 5.78. The van der Waals surface area contributed by atoms with E-state index in [0.29, 0.717) is 4.99 Å². The summed E-state index contributed by atoms with van der Waals surface area (Å²) in [5.74, 6) is 0. The van der Waals surface area contributed by atoms with Gasteiger partial charge in [0.1, 0.15) is 4.99 Å². The largest absolute Gasteiger partial charge is 0.389 e. The van der Waals surface area contributed by atoms with Crippen LogP contribution in [0.1, 0.15) is 16.7 Å². The van der Waals surface area contributed by atoms with Crippen LogP contribution in [0.4, 0.5) is 11.4 Å². The lowest BCUT2D eigenvalue weighted by Gasteiger charge is -2.14. The van der Waals surface area contributed by atoms with Gasteiger partial charge in [-0.25, -0.2) is 0 Å². The van der Waals surface area contributed by atoms with Crippen LogP contribution in [0.25, 0.3) is 0 Å². The number of benzene rings is 2. The molecule has 0 unspecified atom stereocenters. The minimum atomic E-state index is 0.398. The quantitative estimate of drug-likeness (QED) is 0.814. The molecule has 2 rings (SSSR count). The highest BCUT2D eigenvalue weighted by Gasteiger charge is 2.08. The van der Waals surface area contributed by atoms with Crippen molar-refractivity contribution in [2.24, 2.45) is 5.73 Å². The van der Waals surface area contributed by atoms with Gasteiger partial charge < -0.3 is 11.1 Å². The predicted octanol–water partition coefficient (Wildman–Crippen LogP) is 4.44. The number of hydrogen-bond acceptors (Lipinski definition) is 2. The predicted molar refractivity (Wildman–Crippen MR) is 89.2 cm³/mol.